The molecule has 6 nitrogen and oxygen atoms in total. The molecule has 126 valence electrons. The van der Waals surface area contributed by atoms with Gasteiger partial charge in [0.1, 0.15) is 5.69 Å². The number of carbonyl (C=O) groups excluding carboxylic acids is 3. The monoisotopic (exact) mass is 348 g/mol. The molecule has 0 fully saturated rings. The maximum Gasteiger partial charge on any atom is 0.355 e. The first-order chi connectivity index (χ1) is 11.3. The van der Waals surface area contributed by atoms with Crippen LogP contribution in [-0.4, -0.2) is 28.7 Å². The maximum atomic E-state index is 12.2. The van der Waals surface area contributed by atoms with Gasteiger partial charge in [-0.25, -0.2) is 4.79 Å². The van der Waals surface area contributed by atoms with Gasteiger partial charge >= 0.3 is 5.97 Å². The number of aromatic amines is 1. The van der Waals surface area contributed by atoms with Crippen molar-refractivity contribution in [1.29, 1.82) is 0 Å². The minimum absolute atomic E-state index is 0.110. The minimum atomic E-state index is -1.01. The highest BCUT2D eigenvalue weighted by Gasteiger charge is 2.21. The van der Waals surface area contributed by atoms with Crippen molar-refractivity contribution in [1.82, 2.24) is 4.98 Å². The molecule has 1 heterocycles. The summed E-state index contributed by atoms with van der Waals surface area (Å²) in [5.41, 5.74) is 1.86. The Balaban J connectivity index is 2.01. The van der Waals surface area contributed by atoms with E-state index in [0.29, 0.717) is 16.3 Å². The zero-order valence-electron chi connectivity index (χ0n) is 13.5. The number of esters is 1. The molecule has 1 aromatic heterocycles. The highest BCUT2D eigenvalue weighted by molar-refractivity contribution is 6.31. The molecule has 0 aliphatic heterocycles. The second-order valence-corrected chi connectivity index (χ2v) is 5.79. The molecule has 1 atom stereocenters. The van der Waals surface area contributed by atoms with Gasteiger partial charge in [0.25, 0.3) is 5.91 Å². The second kappa shape index (κ2) is 7.31. The average Bonchev–Trinajstić information content (AvgIpc) is 3.01. The fourth-order valence-corrected chi connectivity index (χ4v) is 2.13. The van der Waals surface area contributed by atoms with Crippen molar-refractivity contribution in [3.05, 3.63) is 52.3 Å². The van der Waals surface area contributed by atoms with Crippen LogP contribution in [0.2, 0.25) is 5.02 Å². The molecule has 1 aromatic carbocycles. The van der Waals surface area contributed by atoms with Crippen molar-refractivity contribution in [2.24, 2.45) is 0 Å². The smallest absolute Gasteiger partial charge is 0.355 e. The molecule has 24 heavy (non-hydrogen) atoms. The van der Waals surface area contributed by atoms with Gasteiger partial charge in [-0.15, -0.1) is 0 Å². The Morgan fingerprint density at radius 2 is 1.96 bits per heavy atom. The number of nitrogens with one attached hydrogen (secondary N) is 2. The number of carbonyl (C=O) groups is 3. The quantitative estimate of drug-likeness (QED) is 0.640. The second-order valence-electron chi connectivity index (χ2n) is 5.35. The van der Waals surface area contributed by atoms with Crippen molar-refractivity contribution in [3.8, 4) is 0 Å². The molecule has 0 spiro atoms. The number of halogens is 1. The number of Topliss-reactive ketones (excluding diaryl/α,β-unsaturated/α-hetero) is 1. The lowest BCUT2D eigenvalue weighted by atomic mass is 10.2. The van der Waals surface area contributed by atoms with Gasteiger partial charge in [-0.1, -0.05) is 17.7 Å². The molecule has 2 rings (SSSR count). The summed E-state index contributed by atoms with van der Waals surface area (Å²) < 4.78 is 5.11. The third-order valence-corrected chi connectivity index (χ3v) is 3.66. The van der Waals surface area contributed by atoms with Gasteiger partial charge in [0.2, 0.25) is 0 Å². The summed E-state index contributed by atoms with van der Waals surface area (Å²) >= 11 is 5.90. The minimum Gasteiger partial charge on any atom is -0.448 e. The summed E-state index contributed by atoms with van der Waals surface area (Å²) in [4.78, 5) is 38.0. The molecule has 0 aliphatic carbocycles. The number of ketones is 1. The van der Waals surface area contributed by atoms with Crippen LogP contribution < -0.4 is 5.32 Å². The fourth-order valence-electron chi connectivity index (χ4n) is 1.96. The van der Waals surface area contributed by atoms with E-state index in [9.17, 15) is 14.4 Å². The standard InChI is InChI=1S/C17H17ClN2O4/c1-9-4-5-13(18)7-14(9)20-16(22)11(3)24-17(23)15-6-12(8-19-15)10(2)21/h4-8,11,19H,1-3H3,(H,20,22)/t11-/m0/s1. The van der Waals surface area contributed by atoms with Crippen molar-refractivity contribution >= 4 is 34.9 Å². The molecular weight excluding hydrogens is 332 g/mol. The number of ether oxygens (including phenoxy) is 1. The first kappa shape index (κ1) is 17.7. The number of aromatic nitrogens is 1. The van der Waals surface area contributed by atoms with Crippen LogP contribution in [0.1, 0.15) is 40.3 Å². The van der Waals surface area contributed by atoms with Crippen LogP contribution in [-0.2, 0) is 9.53 Å². The Labute approximate surface area is 144 Å². The van der Waals surface area contributed by atoms with Crippen molar-refractivity contribution < 1.29 is 19.1 Å². The van der Waals surface area contributed by atoms with Crippen molar-refractivity contribution in [2.45, 2.75) is 26.9 Å². The summed E-state index contributed by atoms with van der Waals surface area (Å²) in [5.74, 6) is -1.37. The van der Waals surface area contributed by atoms with Crippen LogP contribution >= 0.6 is 11.6 Å². The zero-order valence-corrected chi connectivity index (χ0v) is 14.2. The number of amides is 1. The summed E-state index contributed by atoms with van der Waals surface area (Å²) in [7, 11) is 0. The maximum absolute atomic E-state index is 12.2. The van der Waals surface area contributed by atoms with Gasteiger partial charge in [0.05, 0.1) is 0 Å². The molecule has 0 unspecified atom stereocenters. The molecule has 0 radical (unpaired) electrons. The first-order valence-corrected chi connectivity index (χ1v) is 7.63. The SMILES string of the molecule is CC(=O)c1c[nH]c(C(=O)O[C@@H](C)C(=O)Nc2cc(Cl)ccc2C)c1. The van der Waals surface area contributed by atoms with E-state index in [-0.39, 0.29) is 11.5 Å². The van der Waals surface area contributed by atoms with E-state index in [1.165, 1.54) is 26.1 Å². The predicted molar refractivity (Wildman–Crippen MR) is 90.5 cm³/mol. The molecule has 1 amide bonds. The largest absolute Gasteiger partial charge is 0.448 e. The Bertz CT molecular complexity index is 798. The molecule has 2 N–H and O–H groups in total. The van der Waals surface area contributed by atoms with Crippen LogP contribution in [0.15, 0.2) is 30.5 Å². The number of H-pyrrole nitrogens is 1. The summed E-state index contributed by atoms with van der Waals surface area (Å²) in [5, 5.41) is 3.16. The predicted octanol–water partition coefficient (Wildman–Crippen LogP) is 3.36. The number of rotatable bonds is 5. The molecule has 2 aromatic rings. The molecule has 0 bridgehead atoms. The van der Waals surface area contributed by atoms with Crippen LogP contribution in [0.4, 0.5) is 5.69 Å². The van der Waals surface area contributed by atoms with E-state index in [2.05, 4.69) is 10.3 Å². The van der Waals surface area contributed by atoms with Crippen LogP contribution in [0.25, 0.3) is 0 Å². The van der Waals surface area contributed by atoms with E-state index in [4.69, 9.17) is 16.3 Å². The molecule has 0 saturated carbocycles. The van der Waals surface area contributed by atoms with Gasteiger partial charge < -0.3 is 15.0 Å². The molecular formula is C17H17ClN2O4. The number of benzene rings is 1. The number of hydrogen-bond acceptors (Lipinski definition) is 4. The van der Waals surface area contributed by atoms with Gasteiger partial charge in [-0.05, 0) is 44.5 Å². The first-order valence-electron chi connectivity index (χ1n) is 7.25. The Morgan fingerprint density at radius 1 is 1.25 bits per heavy atom. The van der Waals surface area contributed by atoms with E-state index < -0.39 is 18.0 Å². The topological polar surface area (TPSA) is 88.3 Å². The van der Waals surface area contributed by atoms with Gasteiger partial charge in [0.15, 0.2) is 11.9 Å². The third kappa shape index (κ3) is 4.23. The summed E-state index contributed by atoms with van der Waals surface area (Å²) in [6.45, 7) is 4.68. The van der Waals surface area contributed by atoms with E-state index in [1.54, 1.807) is 18.2 Å². The lowest BCUT2D eigenvalue weighted by Crippen LogP contribution is -2.30. The van der Waals surface area contributed by atoms with Crippen molar-refractivity contribution in [3.63, 3.8) is 0 Å². The normalized spacial score (nSPS) is 11.7. The molecule has 0 aliphatic rings. The van der Waals surface area contributed by atoms with Crippen LogP contribution in [0, 0.1) is 6.92 Å². The average molecular weight is 349 g/mol. The summed E-state index contributed by atoms with van der Waals surface area (Å²) in [6, 6.07) is 6.49. The summed E-state index contributed by atoms with van der Waals surface area (Å²) in [6.07, 6.45) is 0.402. The van der Waals surface area contributed by atoms with Crippen LogP contribution in [0.5, 0.6) is 0 Å². The molecule has 7 heteroatoms. The third-order valence-electron chi connectivity index (χ3n) is 3.42. The lowest BCUT2D eigenvalue weighted by molar-refractivity contribution is -0.123. The molecule has 0 saturated heterocycles. The fraction of sp³-hybridized carbons (Fsp3) is 0.235. The van der Waals surface area contributed by atoms with Crippen LogP contribution in [0.3, 0.4) is 0 Å². The van der Waals surface area contributed by atoms with Crippen molar-refractivity contribution in [2.75, 3.05) is 5.32 Å². The Morgan fingerprint density at radius 3 is 2.58 bits per heavy atom. The number of hydrogen-bond donors (Lipinski definition) is 2. The number of aryl methyl sites for hydroxylation is 1. The van der Waals surface area contributed by atoms with Gasteiger partial charge in [-0.3, -0.25) is 9.59 Å². The Kier molecular flexibility index (Phi) is 5.41. The lowest BCUT2D eigenvalue weighted by Gasteiger charge is -2.14. The van der Waals surface area contributed by atoms with E-state index >= 15 is 0 Å². The highest BCUT2D eigenvalue weighted by atomic mass is 35.5. The van der Waals surface area contributed by atoms with E-state index in [1.807, 2.05) is 6.92 Å². The zero-order chi connectivity index (χ0) is 17.9. The highest BCUT2D eigenvalue weighted by Crippen LogP contribution is 2.20. The van der Waals surface area contributed by atoms with Gasteiger partial charge in [-0.2, -0.15) is 0 Å². The van der Waals surface area contributed by atoms with E-state index in [0.717, 1.165) is 5.56 Å². The Hall–Kier alpha value is -2.60. The number of anilines is 1. The van der Waals surface area contributed by atoms with Gasteiger partial charge in [0, 0.05) is 22.5 Å².